The Kier molecular flexibility index (Phi) is 3.46. The first-order chi connectivity index (χ1) is 8.63. The molecule has 0 spiro atoms. The van der Waals surface area contributed by atoms with Crippen molar-refractivity contribution in [3.63, 3.8) is 0 Å². The van der Waals surface area contributed by atoms with Crippen LogP contribution in [0.5, 0.6) is 5.75 Å². The van der Waals surface area contributed by atoms with E-state index in [-0.39, 0.29) is 18.2 Å². The molecule has 0 saturated carbocycles. The molecular weight excluding hydrogens is 235 g/mol. The highest BCUT2D eigenvalue weighted by Gasteiger charge is 2.08. The van der Waals surface area contributed by atoms with E-state index in [0.29, 0.717) is 16.7 Å². The number of ether oxygens (including phenoxy) is 2. The Hall–Kier alpha value is -2.10. The van der Waals surface area contributed by atoms with E-state index in [9.17, 15) is 9.18 Å². The van der Waals surface area contributed by atoms with Crippen LogP contribution in [0, 0.1) is 5.82 Å². The number of carbonyl (C=O) groups excluding carboxylic acids is 1. The predicted molar refractivity (Wildman–Crippen MR) is 66.2 cm³/mol. The van der Waals surface area contributed by atoms with Crippen LogP contribution in [0.25, 0.3) is 10.8 Å². The van der Waals surface area contributed by atoms with Crippen LogP contribution in [0.2, 0.25) is 0 Å². The van der Waals surface area contributed by atoms with Gasteiger partial charge in [-0.2, -0.15) is 0 Å². The van der Waals surface area contributed by atoms with E-state index in [4.69, 9.17) is 4.74 Å². The number of benzene rings is 2. The standard InChI is InChI=1S/C14H13FO3/c1-17-11-4-3-10-5-9(7-14(16)18-2)6-13(15)12(10)8-11/h3-6,8H,7H2,1-2H3. The summed E-state index contributed by atoms with van der Waals surface area (Å²) in [5.41, 5.74) is 0.594. The van der Waals surface area contributed by atoms with Crippen LogP contribution in [0.1, 0.15) is 5.56 Å². The highest BCUT2D eigenvalue weighted by molar-refractivity contribution is 5.86. The van der Waals surface area contributed by atoms with Gasteiger partial charge in [-0.3, -0.25) is 4.79 Å². The lowest BCUT2D eigenvalue weighted by molar-refractivity contribution is -0.139. The van der Waals surface area contributed by atoms with Gasteiger partial charge in [-0.25, -0.2) is 4.39 Å². The molecule has 94 valence electrons. The van der Waals surface area contributed by atoms with E-state index in [1.807, 2.05) is 0 Å². The van der Waals surface area contributed by atoms with Crippen LogP contribution >= 0.6 is 0 Å². The van der Waals surface area contributed by atoms with Crippen molar-refractivity contribution in [3.05, 3.63) is 41.7 Å². The summed E-state index contributed by atoms with van der Waals surface area (Å²) in [6.45, 7) is 0. The van der Waals surface area contributed by atoms with Crippen molar-refractivity contribution in [1.82, 2.24) is 0 Å². The van der Waals surface area contributed by atoms with Crippen LogP contribution in [0.15, 0.2) is 30.3 Å². The molecule has 0 atom stereocenters. The first kappa shape index (κ1) is 12.4. The molecule has 0 aliphatic heterocycles. The lowest BCUT2D eigenvalue weighted by Gasteiger charge is -2.06. The molecule has 0 bridgehead atoms. The second kappa shape index (κ2) is 5.04. The van der Waals surface area contributed by atoms with Gasteiger partial charge in [0.05, 0.1) is 20.6 Å². The molecular formula is C14H13FO3. The monoisotopic (exact) mass is 248 g/mol. The predicted octanol–water partition coefficient (Wildman–Crippen LogP) is 2.70. The molecule has 0 heterocycles. The molecule has 0 aliphatic rings. The molecule has 0 fully saturated rings. The summed E-state index contributed by atoms with van der Waals surface area (Å²) in [6, 6.07) is 8.27. The molecule has 0 N–H and O–H groups in total. The zero-order valence-electron chi connectivity index (χ0n) is 10.2. The van der Waals surface area contributed by atoms with Gasteiger partial charge in [0.1, 0.15) is 11.6 Å². The summed E-state index contributed by atoms with van der Waals surface area (Å²) in [5.74, 6) is -0.158. The van der Waals surface area contributed by atoms with Crippen LogP contribution in [-0.4, -0.2) is 20.2 Å². The Balaban J connectivity index is 2.46. The van der Waals surface area contributed by atoms with Crippen molar-refractivity contribution < 1.29 is 18.7 Å². The average Bonchev–Trinajstić information content (AvgIpc) is 2.38. The maximum atomic E-state index is 13.9. The van der Waals surface area contributed by atoms with Crippen LogP contribution in [-0.2, 0) is 16.0 Å². The quantitative estimate of drug-likeness (QED) is 0.783. The molecule has 0 radical (unpaired) electrons. The van der Waals surface area contributed by atoms with Gasteiger partial charge < -0.3 is 9.47 Å². The normalized spacial score (nSPS) is 10.4. The molecule has 2 aromatic carbocycles. The molecule has 0 saturated heterocycles. The van der Waals surface area contributed by atoms with Gasteiger partial charge in [-0.05, 0) is 29.1 Å². The fourth-order valence-corrected chi connectivity index (χ4v) is 1.82. The fraction of sp³-hybridized carbons (Fsp3) is 0.214. The molecule has 0 aromatic heterocycles. The summed E-state index contributed by atoms with van der Waals surface area (Å²) >= 11 is 0. The zero-order valence-corrected chi connectivity index (χ0v) is 10.2. The molecule has 0 amide bonds. The van der Waals surface area contributed by atoms with E-state index in [1.165, 1.54) is 20.3 Å². The summed E-state index contributed by atoms with van der Waals surface area (Å²) in [6.07, 6.45) is 0.0649. The molecule has 2 aromatic rings. The molecule has 4 heteroatoms. The van der Waals surface area contributed by atoms with E-state index in [0.717, 1.165) is 5.39 Å². The van der Waals surface area contributed by atoms with Gasteiger partial charge in [0, 0.05) is 5.39 Å². The minimum absolute atomic E-state index is 0.0649. The van der Waals surface area contributed by atoms with Crippen molar-refractivity contribution in [2.75, 3.05) is 14.2 Å². The first-order valence-corrected chi connectivity index (χ1v) is 5.47. The minimum Gasteiger partial charge on any atom is -0.497 e. The minimum atomic E-state index is -0.387. The topological polar surface area (TPSA) is 35.5 Å². The molecule has 0 unspecified atom stereocenters. The van der Waals surface area contributed by atoms with Gasteiger partial charge in [-0.15, -0.1) is 0 Å². The number of rotatable bonds is 3. The Morgan fingerprint density at radius 2 is 2.00 bits per heavy atom. The van der Waals surface area contributed by atoms with Gasteiger partial charge in [0.2, 0.25) is 0 Å². The van der Waals surface area contributed by atoms with E-state index >= 15 is 0 Å². The van der Waals surface area contributed by atoms with E-state index in [1.54, 1.807) is 24.3 Å². The number of hydrogen-bond acceptors (Lipinski definition) is 3. The van der Waals surface area contributed by atoms with Crippen LogP contribution in [0.4, 0.5) is 4.39 Å². The second-order valence-electron chi connectivity index (χ2n) is 3.92. The van der Waals surface area contributed by atoms with Crippen molar-refractivity contribution in [2.24, 2.45) is 0 Å². The van der Waals surface area contributed by atoms with E-state index in [2.05, 4.69) is 4.74 Å². The SMILES string of the molecule is COC(=O)Cc1cc(F)c2cc(OC)ccc2c1. The highest BCUT2D eigenvalue weighted by Crippen LogP contribution is 2.25. The Bertz CT molecular complexity index is 593. The summed E-state index contributed by atoms with van der Waals surface area (Å²) in [4.78, 5) is 11.2. The number of esters is 1. The van der Waals surface area contributed by atoms with Crippen LogP contribution in [0.3, 0.4) is 0 Å². The smallest absolute Gasteiger partial charge is 0.309 e. The largest absolute Gasteiger partial charge is 0.497 e. The summed E-state index contributed by atoms with van der Waals surface area (Å²) in [7, 11) is 2.84. The second-order valence-corrected chi connectivity index (χ2v) is 3.92. The zero-order chi connectivity index (χ0) is 13.1. The maximum Gasteiger partial charge on any atom is 0.309 e. The van der Waals surface area contributed by atoms with Crippen molar-refractivity contribution in [2.45, 2.75) is 6.42 Å². The van der Waals surface area contributed by atoms with Crippen molar-refractivity contribution >= 4 is 16.7 Å². The van der Waals surface area contributed by atoms with Crippen molar-refractivity contribution in [3.8, 4) is 5.75 Å². The average molecular weight is 248 g/mol. The third-order valence-corrected chi connectivity index (χ3v) is 2.75. The number of methoxy groups -OCH3 is 2. The van der Waals surface area contributed by atoms with Gasteiger partial charge in [0.15, 0.2) is 0 Å². The molecule has 0 aliphatic carbocycles. The summed E-state index contributed by atoms with van der Waals surface area (Å²) < 4.78 is 23.5. The Morgan fingerprint density at radius 3 is 2.67 bits per heavy atom. The van der Waals surface area contributed by atoms with Gasteiger partial charge in [-0.1, -0.05) is 12.1 Å². The maximum absolute atomic E-state index is 13.9. The lowest BCUT2D eigenvalue weighted by Crippen LogP contribution is -2.04. The number of carbonyl (C=O) groups is 1. The van der Waals surface area contributed by atoms with Gasteiger partial charge in [0.25, 0.3) is 0 Å². The highest BCUT2D eigenvalue weighted by atomic mass is 19.1. The molecule has 2 rings (SSSR count). The molecule has 18 heavy (non-hydrogen) atoms. The summed E-state index contributed by atoms with van der Waals surface area (Å²) in [5, 5.41) is 1.21. The Labute approximate surface area is 104 Å². The number of fused-ring (bicyclic) bond motifs is 1. The lowest BCUT2D eigenvalue weighted by atomic mass is 10.0. The third-order valence-electron chi connectivity index (χ3n) is 2.75. The molecule has 3 nitrogen and oxygen atoms in total. The fourth-order valence-electron chi connectivity index (χ4n) is 1.82. The van der Waals surface area contributed by atoms with Crippen LogP contribution < -0.4 is 4.74 Å². The van der Waals surface area contributed by atoms with E-state index < -0.39 is 0 Å². The van der Waals surface area contributed by atoms with Crippen molar-refractivity contribution in [1.29, 1.82) is 0 Å². The number of halogens is 1. The number of hydrogen-bond donors (Lipinski definition) is 0. The third kappa shape index (κ3) is 2.42. The Morgan fingerprint density at radius 1 is 1.22 bits per heavy atom. The first-order valence-electron chi connectivity index (χ1n) is 5.47. The van der Waals surface area contributed by atoms with Gasteiger partial charge >= 0.3 is 5.97 Å².